The molecule has 1 fully saturated rings. The van der Waals surface area contributed by atoms with Crippen LogP contribution < -0.4 is 10.1 Å². The lowest BCUT2D eigenvalue weighted by Crippen LogP contribution is -2.53. The summed E-state index contributed by atoms with van der Waals surface area (Å²) in [5, 5.41) is 3.20. The molecule has 1 N–H and O–H groups in total. The van der Waals surface area contributed by atoms with E-state index in [4.69, 9.17) is 4.74 Å². The van der Waals surface area contributed by atoms with Gasteiger partial charge in [-0.25, -0.2) is 4.39 Å². The molecule has 0 spiro atoms. The summed E-state index contributed by atoms with van der Waals surface area (Å²) in [6.45, 7) is 3.72. The maximum atomic E-state index is 14.7. The van der Waals surface area contributed by atoms with E-state index in [1.165, 1.54) is 17.4 Å². The number of carbonyl (C=O) groups is 2. The predicted molar refractivity (Wildman–Crippen MR) is 147 cm³/mol. The molecule has 1 atom stereocenters. The van der Waals surface area contributed by atoms with Gasteiger partial charge in [-0.05, 0) is 61.6 Å². The number of rotatable bonds is 10. The van der Waals surface area contributed by atoms with Crippen molar-refractivity contribution in [1.29, 1.82) is 0 Å². The zero-order valence-corrected chi connectivity index (χ0v) is 22.3. The molecular formula is C32H37FN2O3. The summed E-state index contributed by atoms with van der Waals surface area (Å²) in [6, 6.07) is 21.0. The van der Waals surface area contributed by atoms with Gasteiger partial charge in [0.15, 0.2) is 6.61 Å². The molecule has 0 saturated heterocycles. The zero-order valence-electron chi connectivity index (χ0n) is 22.3. The molecule has 200 valence electrons. The van der Waals surface area contributed by atoms with E-state index >= 15 is 0 Å². The number of aryl methyl sites for hydroxylation is 2. The van der Waals surface area contributed by atoms with E-state index in [2.05, 4.69) is 5.32 Å². The molecule has 0 bridgehead atoms. The zero-order chi connectivity index (χ0) is 26.9. The highest BCUT2D eigenvalue weighted by molar-refractivity contribution is 5.88. The molecule has 0 radical (unpaired) electrons. The highest BCUT2D eigenvalue weighted by Crippen LogP contribution is 2.21. The highest BCUT2D eigenvalue weighted by atomic mass is 19.1. The highest BCUT2D eigenvalue weighted by Gasteiger charge is 2.32. The number of nitrogens with zero attached hydrogens (tertiary/aromatic N) is 1. The van der Waals surface area contributed by atoms with Gasteiger partial charge in [0.1, 0.15) is 17.6 Å². The van der Waals surface area contributed by atoms with Crippen LogP contribution in [0.25, 0.3) is 0 Å². The lowest BCUT2D eigenvalue weighted by molar-refractivity contribution is -0.143. The molecule has 0 aliphatic heterocycles. The molecule has 5 nitrogen and oxygen atoms in total. The van der Waals surface area contributed by atoms with Crippen LogP contribution in [0, 0.1) is 19.7 Å². The van der Waals surface area contributed by atoms with E-state index in [-0.39, 0.29) is 31.0 Å². The number of hydrogen-bond acceptors (Lipinski definition) is 3. The van der Waals surface area contributed by atoms with E-state index in [0.717, 1.165) is 42.4 Å². The van der Waals surface area contributed by atoms with Crippen molar-refractivity contribution in [2.45, 2.75) is 71.0 Å². The molecule has 1 aliphatic carbocycles. The van der Waals surface area contributed by atoms with Crippen LogP contribution in [0.4, 0.5) is 4.39 Å². The third-order valence-electron chi connectivity index (χ3n) is 7.36. The van der Waals surface area contributed by atoms with Crippen LogP contribution in [-0.2, 0) is 22.6 Å². The van der Waals surface area contributed by atoms with Crippen LogP contribution >= 0.6 is 0 Å². The largest absolute Gasteiger partial charge is 0.484 e. The topological polar surface area (TPSA) is 58.6 Å². The summed E-state index contributed by atoms with van der Waals surface area (Å²) in [6.07, 6.45) is 5.52. The molecule has 3 aromatic rings. The first-order chi connectivity index (χ1) is 18.4. The second-order valence-electron chi connectivity index (χ2n) is 10.2. The van der Waals surface area contributed by atoms with Gasteiger partial charge in [0, 0.05) is 24.6 Å². The fourth-order valence-corrected chi connectivity index (χ4v) is 4.94. The standard InChI is InChI=1S/C32H37FN2O3/c1-23-17-18-28(19-24(23)2)38-22-31(36)35(21-26-13-9-10-16-29(26)33)30(20-25-11-5-3-6-12-25)32(37)34-27-14-7-4-8-15-27/h3,5-6,9-13,16-19,27,30H,4,7-8,14-15,20-22H2,1-2H3,(H,34,37)/t30-/m1/s1. The molecule has 0 unspecified atom stereocenters. The van der Waals surface area contributed by atoms with Crippen molar-refractivity contribution in [2.75, 3.05) is 6.61 Å². The Balaban J connectivity index is 1.62. The molecule has 1 saturated carbocycles. The van der Waals surface area contributed by atoms with Crippen LogP contribution in [0.3, 0.4) is 0 Å². The van der Waals surface area contributed by atoms with E-state index in [1.54, 1.807) is 18.2 Å². The number of amides is 2. The minimum Gasteiger partial charge on any atom is -0.484 e. The van der Waals surface area contributed by atoms with Crippen molar-refractivity contribution in [3.05, 3.63) is 101 Å². The minimum absolute atomic E-state index is 0.0304. The molecule has 4 rings (SSSR count). The first kappa shape index (κ1) is 27.4. The lowest BCUT2D eigenvalue weighted by atomic mass is 9.94. The smallest absolute Gasteiger partial charge is 0.261 e. The third kappa shape index (κ3) is 7.44. The Labute approximate surface area is 225 Å². The third-order valence-corrected chi connectivity index (χ3v) is 7.36. The first-order valence-corrected chi connectivity index (χ1v) is 13.5. The van der Waals surface area contributed by atoms with Crippen molar-refractivity contribution >= 4 is 11.8 Å². The van der Waals surface area contributed by atoms with E-state index < -0.39 is 11.9 Å². The molecule has 6 heteroatoms. The Kier molecular flexibility index (Phi) is 9.52. The Bertz CT molecular complexity index is 1220. The van der Waals surface area contributed by atoms with Crippen LogP contribution in [0.5, 0.6) is 5.75 Å². The second kappa shape index (κ2) is 13.2. The second-order valence-corrected chi connectivity index (χ2v) is 10.2. The lowest BCUT2D eigenvalue weighted by Gasteiger charge is -2.33. The normalized spacial score (nSPS) is 14.5. The predicted octanol–water partition coefficient (Wildman–Crippen LogP) is 5.91. The van der Waals surface area contributed by atoms with Gasteiger partial charge >= 0.3 is 0 Å². The molecule has 38 heavy (non-hydrogen) atoms. The maximum absolute atomic E-state index is 14.7. The van der Waals surface area contributed by atoms with Gasteiger partial charge in [0.05, 0.1) is 0 Å². The molecule has 1 aliphatic rings. The molecule has 0 heterocycles. The molecule has 2 amide bonds. The molecule has 0 aromatic heterocycles. The maximum Gasteiger partial charge on any atom is 0.261 e. The quantitative estimate of drug-likeness (QED) is 0.364. The van der Waals surface area contributed by atoms with Crippen LogP contribution in [-0.4, -0.2) is 35.4 Å². The summed E-state index contributed by atoms with van der Waals surface area (Å²) in [7, 11) is 0. The fourth-order valence-electron chi connectivity index (χ4n) is 4.94. The molecular weight excluding hydrogens is 479 g/mol. The van der Waals surface area contributed by atoms with Gasteiger partial charge in [-0.3, -0.25) is 9.59 Å². The Morgan fingerprint density at radius 2 is 1.66 bits per heavy atom. The summed E-state index contributed by atoms with van der Waals surface area (Å²) >= 11 is 0. The average molecular weight is 517 g/mol. The van der Waals surface area contributed by atoms with Crippen molar-refractivity contribution < 1.29 is 18.7 Å². The van der Waals surface area contributed by atoms with E-state index in [1.807, 2.05) is 62.4 Å². The minimum atomic E-state index is -0.810. The summed E-state index contributed by atoms with van der Waals surface area (Å²) < 4.78 is 20.6. The SMILES string of the molecule is Cc1ccc(OCC(=O)N(Cc2ccccc2F)[C@H](Cc2ccccc2)C(=O)NC2CCCCC2)cc1C. The van der Waals surface area contributed by atoms with Gasteiger partial charge in [-0.1, -0.05) is 73.9 Å². The van der Waals surface area contributed by atoms with Gasteiger partial charge < -0.3 is 15.0 Å². The molecule has 3 aromatic carbocycles. The summed E-state index contributed by atoms with van der Waals surface area (Å²) in [5.41, 5.74) is 3.48. The number of nitrogens with one attached hydrogen (secondary N) is 1. The van der Waals surface area contributed by atoms with E-state index in [0.29, 0.717) is 17.7 Å². The Morgan fingerprint density at radius 1 is 0.947 bits per heavy atom. The van der Waals surface area contributed by atoms with Crippen LogP contribution in [0.1, 0.15) is 54.4 Å². The Morgan fingerprint density at radius 3 is 2.37 bits per heavy atom. The summed E-state index contributed by atoms with van der Waals surface area (Å²) in [4.78, 5) is 28.9. The van der Waals surface area contributed by atoms with Gasteiger partial charge in [-0.2, -0.15) is 0 Å². The van der Waals surface area contributed by atoms with Crippen molar-refractivity contribution in [2.24, 2.45) is 0 Å². The van der Waals surface area contributed by atoms with Crippen molar-refractivity contribution in [1.82, 2.24) is 10.2 Å². The number of carbonyl (C=O) groups excluding carboxylic acids is 2. The van der Waals surface area contributed by atoms with Crippen molar-refractivity contribution in [3.8, 4) is 5.75 Å². The van der Waals surface area contributed by atoms with Crippen LogP contribution in [0.2, 0.25) is 0 Å². The monoisotopic (exact) mass is 516 g/mol. The Hall–Kier alpha value is -3.67. The number of benzene rings is 3. The van der Waals surface area contributed by atoms with Gasteiger partial charge in [-0.15, -0.1) is 0 Å². The van der Waals surface area contributed by atoms with E-state index in [9.17, 15) is 14.0 Å². The number of halogens is 1. The first-order valence-electron chi connectivity index (χ1n) is 13.5. The number of hydrogen-bond donors (Lipinski definition) is 1. The van der Waals surface area contributed by atoms with Gasteiger partial charge in [0.25, 0.3) is 5.91 Å². The van der Waals surface area contributed by atoms with Gasteiger partial charge in [0.2, 0.25) is 5.91 Å². The summed E-state index contributed by atoms with van der Waals surface area (Å²) in [5.74, 6) is -0.409. The van der Waals surface area contributed by atoms with Crippen molar-refractivity contribution in [3.63, 3.8) is 0 Å². The number of ether oxygens (including phenoxy) is 1. The average Bonchev–Trinajstić information content (AvgIpc) is 2.93. The fraction of sp³-hybridized carbons (Fsp3) is 0.375. The van der Waals surface area contributed by atoms with Crippen LogP contribution in [0.15, 0.2) is 72.8 Å².